The second-order valence-electron chi connectivity index (χ2n) is 9.00. The van der Waals surface area contributed by atoms with E-state index in [1.165, 1.54) is 0 Å². The van der Waals surface area contributed by atoms with Gasteiger partial charge < -0.3 is 19.9 Å². The van der Waals surface area contributed by atoms with Crippen molar-refractivity contribution in [2.24, 2.45) is 5.92 Å². The molecule has 0 unspecified atom stereocenters. The van der Waals surface area contributed by atoms with Gasteiger partial charge in [0, 0.05) is 50.0 Å². The van der Waals surface area contributed by atoms with Gasteiger partial charge >= 0.3 is 6.03 Å². The Morgan fingerprint density at radius 3 is 2.19 bits per heavy atom. The molecule has 2 aliphatic heterocycles. The fraction of sp³-hybridized carbons (Fsp3) is 0.652. The first-order chi connectivity index (χ1) is 14.7. The summed E-state index contributed by atoms with van der Waals surface area (Å²) in [5.74, 6) is 0.369. The van der Waals surface area contributed by atoms with E-state index in [-0.39, 0.29) is 36.1 Å². The molecule has 1 N–H and O–H groups in total. The summed E-state index contributed by atoms with van der Waals surface area (Å²) in [6.45, 7) is 12.2. The van der Waals surface area contributed by atoms with Crippen molar-refractivity contribution in [1.82, 2.24) is 14.7 Å². The molecule has 2 aliphatic rings. The first kappa shape index (κ1) is 23.8. The molecule has 0 aromatic heterocycles. The third-order valence-electron chi connectivity index (χ3n) is 5.92. The van der Waals surface area contributed by atoms with Crippen LogP contribution in [0.25, 0.3) is 0 Å². The van der Waals surface area contributed by atoms with E-state index in [9.17, 15) is 9.59 Å². The van der Waals surface area contributed by atoms with Crippen LogP contribution in [0.15, 0.2) is 24.3 Å². The lowest BCUT2D eigenvalue weighted by Crippen LogP contribution is -2.58. The van der Waals surface area contributed by atoms with Crippen LogP contribution in [0.5, 0.6) is 0 Å². The first-order valence-electron chi connectivity index (χ1n) is 11.2. The Balaban J connectivity index is 1.61. The molecule has 3 amide bonds. The van der Waals surface area contributed by atoms with Crippen LogP contribution in [0.3, 0.4) is 0 Å². The molecular formula is C23H35ClN4O3. The topological polar surface area (TPSA) is 65.1 Å². The number of hydrogen-bond donors (Lipinski definition) is 1. The summed E-state index contributed by atoms with van der Waals surface area (Å²) in [6, 6.07) is 6.76. The smallest absolute Gasteiger partial charge is 0.321 e. The maximum absolute atomic E-state index is 13.5. The molecule has 1 aromatic rings. The predicted octanol–water partition coefficient (Wildman–Crippen LogP) is 3.54. The van der Waals surface area contributed by atoms with Gasteiger partial charge in [-0.3, -0.25) is 9.69 Å². The van der Waals surface area contributed by atoms with E-state index in [4.69, 9.17) is 16.3 Å². The highest BCUT2D eigenvalue weighted by molar-refractivity contribution is 6.30. The molecule has 0 radical (unpaired) electrons. The maximum atomic E-state index is 13.5. The minimum absolute atomic E-state index is 0.119. The Morgan fingerprint density at radius 1 is 1.00 bits per heavy atom. The second-order valence-corrected chi connectivity index (χ2v) is 9.44. The SMILES string of the molecule is CC(C)[C@H](C(=O)N1CCCN(C(=O)Nc2ccc(Cl)cc2)CC1)N1C[C@@H](C)O[C@H](C)C1. The lowest BCUT2D eigenvalue weighted by Gasteiger charge is -2.42. The molecule has 1 aromatic carbocycles. The molecule has 2 heterocycles. The van der Waals surface area contributed by atoms with Crippen molar-refractivity contribution in [1.29, 1.82) is 0 Å². The normalized spacial score (nSPS) is 24.1. The Labute approximate surface area is 190 Å². The lowest BCUT2D eigenvalue weighted by molar-refractivity contribution is -0.145. The number of hydrogen-bond acceptors (Lipinski definition) is 4. The van der Waals surface area contributed by atoms with E-state index >= 15 is 0 Å². The highest BCUT2D eigenvalue weighted by Crippen LogP contribution is 2.21. The zero-order chi connectivity index (χ0) is 22.5. The van der Waals surface area contributed by atoms with Gasteiger partial charge in [0.25, 0.3) is 0 Å². The van der Waals surface area contributed by atoms with Crippen LogP contribution in [0.1, 0.15) is 34.1 Å². The van der Waals surface area contributed by atoms with Crippen molar-refractivity contribution >= 4 is 29.2 Å². The fourth-order valence-electron chi connectivity index (χ4n) is 4.57. The average Bonchev–Trinajstić information content (AvgIpc) is 2.95. The van der Waals surface area contributed by atoms with E-state index in [0.717, 1.165) is 19.5 Å². The number of rotatable bonds is 4. The van der Waals surface area contributed by atoms with Crippen LogP contribution in [0.2, 0.25) is 5.02 Å². The molecular weight excluding hydrogens is 416 g/mol. The molecule has 3 rings (SSSR count). The Hall–Kier alpha value is -1.83. The van der Waals surface area contributed by atoms with Crippen LogP contribution < -0.4 is 5.32 Å². The number of carbonyl (C=O) groups excluding carboxylic acids is 2. The summed E-state index contributed by atoms with van der Waals surface area (Å²) < 4.78 is 5.86. The van der Waals surface area contributed by atoms with Gasteiger partial charge in [-0.25, -0.2) is 4.79 Å². The van der Waals surface area contributed by atoms with Gasteiger partial charge in [-0.05, 0) is 50.5 Å². The molecule has 0 spiro atoms. The summed E-state index contributed by atoms with van der Waals surface area (Å²) in [5.41, 5.74) is 0.710. The van der Waals surface area contributed by atoms with E-state index in [2.05, 4.69) is 37.9 Å². The minimum atomic E-state index is -0.164. The third-order valence-corrected chi connectivity index (χ3v) is 6.17. The van der Waals surface area contributed by atoms with Crippen LogP contribution in [0, 0.1) is 5.92 Å². The number of morpholine rings is 1. The average molecular weight is 451 g/mol. The van der Waals surface area contributed by atoms with E-state index in [1.54, 1.807) is 29.2 Å². The zero-order valence-electron chi connectivity index (χ0n) is 19.0. The van der Waals surface area contributed by atoms with Gasteiger partial charge in [-0.15, -0.1) is 0 Å². The van der Waals surface area contributed by atoms with E-state index in [1.807, 2.05) is 4.90 Å². The monoisotopic (exact) mass is 450 g/mol. The summed E-state index contributed by atoms with van der Waals surface area (Å²) >= 11 is 5.91. The van der Waals surface area contributed by atoms with Crippen LogP contribution in [-0.2, 0) is 9.53 Å². The zero-order valence-corrected chi connectivity index (χ0v) is 19.8. The molecule has 7 nitrogen and oxygen atoms in total. The molecule has 172 valence electrons. The lowest BCUT2D eigenvalue weighted by atomic mass is 9.99. The Morgan fingerprint density at radius 2 is 1.58 bits per heavy atom. The number of benzene rings is 1. The summed E-state index contributed by atoms with van der Waals surface area (Å²) in [5, 5.41) is 3.55. The van der Waals surface area contributed by atoms with Gasteiger partial charge in [0.05, 0.1) is 18.2 Å². The van der Waals surface area contributed by atoms with Gasteiger partial charge in [-0.1, -0.05) is 25.4 Å². The minimum Gasteiger partial charge on any atom is -0.373 e. The van der Waals surface area contributed by atoms with Crippen molar-refractivity contribution in [2.45, 2.75) is 52.4 Å². The molecule has 2 saturated heterocycles. The van der Waals surface area contributed by atoms with Gasteiger partial charge in [0.15, 0.2) is 0 Å². The number of amides is 3. The van der Waals surface area contributed by atoms with Gasteiger partial charge in [0.2, 0.25) is 5.91 Å². The van der Waals surface area contributed by atoms with Crippen LogP contribution in [-0.4, -0.2) is 84.2 Å². The number of carbonyl (C=O) groups is 2. The molecule has 0 bridgehead atoms. The number of nitrogens with zero attached hydrogens (tertiary/aromatic N) is 3. The third kappa shape index (κ3) is 6.34. The molecule has 8 heteroatoms. The highest BCUT2D eigenvalue weighted by atomic mass is 35.5. The van der Waals surface area contributed by atoms with Crippen molar-refractivity contribution in [2.75, 3.05) is 44.6 Å². The highest BCUT2D eigenvalue weighted by Gasteiger charge is 2.37. The number of halogens is 1. The first-order valence-corrected chi connectivity index (χ1v) is 11.6. The van der Waals surface area contributed by atoms with Crippen molar-refractivity contribution in [3.63, 3.8) is 0 Å². The predicted molar refractivity (Wildman–Crippen MR) is 123 cm³/mol. The Kier molecular flexibility index (Phi) is 8.19. The summed E-state index contributed by atoms with van der Waals surface area (Å²) in [4.78, 5) is 32.2. The van der Waals surface area contributed by atoms with Gasteiger partial charge in [0.1, 0.15) is 0 Å². The molecule has 3 atom stereocenters. The van der Waals surface area contributed by atoms with Crippen LogP contribution in [0.4, 0.5) is 10.5 Å². The number of urea groups is 1. The fourth-order valence-corrected chi connectivity index (χ4v) is 4.70. The van der Waals surface area contributed by atoms with E-state index in [0.29, 0.717) is 36.9 Å². The molecule has 2 fully saturated rings. The van der Waals surface area contributed by atoms with E-state index < -0.39 is 0 Å². The number of anilines is 1. The van der Waals surface area contributed by atoms with Crippen molar-refractivity contribution < 1.29 is 14.3 Å². The maximum Gasteiger partial charge on any atom is 0.321 e. The summed E-state index contributed by atoms with van der Waals surface area (Å²) in [7, 11) is 0. The quantitative estimate of drug-likeness (QED) is 0.762. The van der Waals surface area contributed by atoms with Crippen molar-refractivity contribution in [3.05, 3.63) is 29.3 Å². The molecule has 0 aliphatic carbocycles. The van der Waals surface area contributed by atoms with Crippen LogP contribution >= 0.6 is 11.6 Å². The molecule has 0 saturated carbocycles. The summed E-state index contributed by atoms with van der Waals surface area (Å²) in [6.07, 6.45) is 1.00. The standard InChI is InChI=1S/C23H35ClN4O3/c1-16(2)21(28-14-17(3)31-18(4)15-28)22(29)26-10-5-11-27(13-12-26)23(30)25-20-8-6-19(24)7-9-20/h6-9,16-18,21H,5,10-15H2,1-4H3,(H,25,30)/t17-,18-,21-/m1/s1. The largest absolute Gasteiger partial charge is 0.373 e. The van der Waals surface area contributed by atoms with Crippen molar-refractivity contribution in [3.8, 4) is 0 Å². The number of ether oxygens (including phenoxy) is 1. The second kappa shape index (κ2) is 10.7. The number of nitrogens with one attached hydrogen (secondary N) is 1. The van der Waals surface area contributed by atoms with Gasteiger partial charge in [-0.2, -0.15) is 0 Å². The Bertz CT molecular complexity index is 748. The molecule has 31 heavy (non-hydrogen) atoms.